The second-order valence-corrected chi connectivity index (χ2v) is 4.73. The van der Waals surface area contributed by atoms with Crippen LogP contribution in [-0.2, 0) is 0 Å². The molecular formula is C13H9ClN6O. The number of nitrogens with one attached hydrogen (secondary N) is 1. The second-order valence-electron chi connectivity index (χ2n) is 4.39. The van der Waals surface area contributed by atoms with Gasteiger partial charge in [-0.3, -0.25) is 0 Å². The molecule has 3 aromatic heterocycles. The molecule has 1 aromatic carbocycles. The highest BCUT2D eigenvalue weighted by Crippen LogP contribution is 2.26. The van der Waals surface area contributed by atoms with E-state index in [1.807, 2.05) is 24.3 Å². The van der Waals surface area contributed by atoms with Crippen molar-refractivity contribution in [2.45, 2.75) is 0 Å². The molecule has 7 nitrogen and oxygen atoms in total. The molecule has 0 aliphatic rings. The molecule has 0 unspecified atom stereocenters. The number of ether oxygens (including phenoxy) is 1. The highest BCUT2D eigenvalue weighted by atomic mass is 35.5. The third-order valence-corrected chi connectivity index (χ3v) is 3.48. The van der Waals surface area contributed by atoms with Gasteiger partial charge in [0.1, 0.15) is 5.75 Å². The van der Waals surface area contributed by atoms with E-state index in [0.29, 0.717) is 22.6 Å². The summed E-state index contributed by atoms with van der Waals surface area (Å²) < 4.78 is 6.82. The first-order valence-corrected chi connectivity index (χ1v) is 6.54. The fraction of sp³-hybridized carbons (Fsp3) is 0.0769. The molecule has 8 heteroatoms. The van der Waals surface area contributed by atoms with Crippen molar-refractivity contribution in [3.8, 4) is 17.1 Å². The van der Waals surface area contributed by atoms with Crippen LogP contribution in [-0.4, -0.2) is 36.7 Å². The van der Waals surface area contributed by atoms with Crippen LogP contribution < -0.4 is 4.74 Å². The summed E-state index contributed by atoms with van der Waals surface area (Å²) >= 11 is 6.25. The standard InChI is InChI=1S/C13H9ClN6O/c1-21-8-4-2-7(3-5-8)11-18-19-12-9-10(16-6-15-9)17-13(14)20(11)12/h2-6H,1H3,(H,15,16). The fourth-order valence-electron chi connectivity index (χ4n) is 2.22. The largest absolute Gasteiger partial charge is 0.497 e. The molecule has 0 atom stereocenters. The van der Waals surface area contributed by atoms with Crippen LogP contribution in [0.15, 0.2) is 30.6 Å². The van der Waals surface area contributed by atoms with Crippen LogP contribution in [0.1, 0.15) is 0 Å². The number of methoxy groups -OCH3 is 1. The topological polar surface area (TPSA) is 81.0 Å². The Labute approximate surface area is 123 Å². The predicted molar refractivity (Wildman–Crippen MR) is 77.4 cm³/mol. The highest BCUT2D eigenvalue weighted by Gasteiger charge is 2.16. The molecule has 0 fully saturated rings. The normalized spacial score (nSPS) is 11.3. The van der Waals surface area contributed by atoms with Gasteiger partial charge in [0.2, 0.25) is 5.28 Å². The number of nitrogens with zero attached hydrogens (tertiary/aromatic N) is 5. The monoisotopic (exact) mass is 300 g/mol. The van der Waals surface area contributed by atoms with E-state index in [9.17, 15) is 0 Å². The van der Waals surface area contributed by atoms with Crippen molar-refractivity contribution in [2.24, 2.45) is 0 Å². The number of H-pyrrole nitrogens is 1. The Morgan fingerprint density at radius 2 is 2.00 bits per heavy atom. The van der Waals surface area contributed by atoms with Gasteiger partial charge in [-0.25, -0.2) is 9.38 Å². The maximum Gasteiger partial charge on any atom is 0.212 e. The van der Waals surface area contributed by atoms with Crippen LogP contribution in [0.5, 0.6) is 5.75 Å². The molecule has 21 heavy (non-hydrogen) atoms. The van der Waals surface area contributed by atoms with Gasteiger partial charge < -0.3 is 9.72 Å². The summed E-state index contributed by atoms with van der Waals surface area (Å²) in [6, 6.07) is 7.48. The Balaban J connectivity index is 2.00. The average molecular weight is 301 g/mol. The summed E-state index contributed by atoms with van der Waals surface area (Å²) in [7, 11) is 1.62. The van der Waals surface area contributed by atoms with Crippen molar-refractivity contribution in [1.82, 2.24) is 29.5 Å². The average Bonchev–Trinajstić information content (AvgIpc) is 3.13. The van der Waals surface area contributed by atoms with Crippen molar-refractivity contribution in [2.75, 3.05) is 7.11 Å². The predicted octanol–water partition coefficient (Wildman–Crippen LogP) is 2.33. The van der Waals surface area contributed by atoms with Crippen molar-refractivity contribution < 1.29 is 4.74 Å². The third kappa shape index (κ3) is 1.74. The van der Waals surface area contributed by atoms with Gasteiger partial charge in [0.15, 0.2) is 22.6 Å². The first kappa shape index (κ1) is 12.1. The van der Waals surface area contributed by atoms with Gasteiger partial charge in [0.05, 0.1) is 13.4 Å². The number of aromatic nitrogens is 6. The summed E-state index contributed by atoms with van der Waals surface area (Å²) in [6.07, 6.45) is 1.55. The Hall–Kier alpha value is -2.67. The SMILES string of the molecule is COc1ccc(-c2nnc3c4nc[nH]c4nc(Cl)n23)cc1. The minimum absolute atomic E-state index is 0.276. The van der Waals surface area contributed by atoms with Gasteiger partial charge >= 0.3 is 0 Å². The van der Waals surface area contributed by atoms with E-state index in [-0.39, 0.29) is 5.28 Å². The summed E-state index contributed by atoms with van der Waals surface area (Å²) in [6.45, 7) is 0. The van der Waals surface area contributed by atoms with Crippen LogP contribution in [0.25, 0.3) is 28.2 Å². The molecule has 104 valence electrons. The number of rotatable bonds is 2. The molecule has 0 amide bonds. The maximum atomic E-state index is 6.25. The van der Waals surface area contributed by atoms with E-state index >= 15 is 0 Å². The maximum absolute atomic E-state index is 6.25. The van der Waals surface area contributed by atoms with Gasteiger partial charge in [0, 0.05) is 5.56 Å². The van der Waals surface area contributed by atoms with E-state index in [1.54, 1.807) is 17.8 Å². The van der Waals surface area contributed by atoms with E-state index < -0.39 is 0 Å². The van der Waals surface area contributed by atoms with Crippen LogP contribution in [0.3, 0.4) is 0 Å². The molecule has 0 spiro atoms. The Kier molecular flexibility index (Phi) is 2.55. The molecule has 4 aromatic rings. The minimum atomic E-state index is 0.276. The molecule has 0 aliphatic heterocycles. The third-order valence-electron chi connectivity index (χ3n) is 3.23. The molecule has 4 rings (SSSR count). The van der Waals surface area contributed by atoms with E-state index in [4.69, 9.17) is 16.3 Å². The van der Waals surface area contributed by atoms with Crippen LogP contribution in [0, 0.1) is 0 Å². The lowest BCUT2D eigenvalue weighted by atomic mass is 10.2. The van der Waals surface area contributed by atoms with Crippen molar-refractivity contribution in [3.05, 3.63) is 35.9 Å². The number of benzene rings is 1. The highest BCUT2D eigenvalue weighted by molar-refractivity contribution is 6.29. The number of hydrogen-bond acceptors (Lipinski definition) is 5. The second kappa shape index (κ2) is 4.42. The van der Waals surface area contributed by atoms with Crippen LogP contribution in [0.4, 0.5) is 0 Å². The van der Waals surface area contributed by atoms with Crippen molar-refractivity contribution in [1.29, 1.82) is 0 Å². The molecule has 0 radical (unpaired) electrons. The van der Waals surface area contributed by atoms with Crippen LogP contribution >= 0.6 is 11.6 Å². The quantitative estimate of drug-likeness (QED) is 0.575. The number of imidazole rings is 1. The summed E-state index contributed by atoms with van der Waals surface area (Å²) in [5, 5.41) is 8.65. The Morgan fingerprint density at radius 1 is 1.19 bits per heavy atom. The molecule has 0 bridgehead atoms. The van der Waals surface area contributed by atoms with Gasteiger partial charge in [-0.1, -0.05) is 0 Å². The molecule has 0 aliphatic carbocycles. The summed E-state index contributed by atoms with van der Waals surface area (Å²) in [5.41, 5.74) is 2.65. The van der Waals surface area contributed by atoms with Gasteiger partial charge in [-0.05, 0) is 35.9 Å². The molecule has 1 N–H and O–H groups in total. The number of aromatic amines is 1. The molecular weight excluding hydrogens is 292 g/mol. The lowest BCUT2D eigenvalue weighted by Crippen LogP contribution is -1.95. The van der Waals surface area contributed by atoms with Gasteiger partial charge in [0.25, 0.3) is 0 Å². The minimum Gasteiger partial charge on any atom is -0.497 e. The number of hydrogen-bond donors (Lipinski definition) is 1. The zero-order chi connectivity index (χ0) is 14.4. The van der Waals surface area contributed by atoms with Gasteiger partial charge in [-0.2, -0.15) is 4.98 Å². The number of fused-ring (bicyclic) bond motifs is 3. The summed E-state index contributed by atoms with van der Waals surface area (Å²) in [4.78, 5) is 11.4. The van der Waals surface area contributed by atoms with E-state index in [1.165, 1.54) is 0 Å². The molecule has 0 saturated heterocycles. The first-order chi connectivity index (χ1) is 10.3. The molecule has 3 heterocycles. The zero-order valence-corrected chi connectivity index (χ0v) is 11.7. The first-order valence-electron chi connectivity index (χ1n) is 6.16. The number of halogens is 1. The van der Waals surface area contributed by atoms with Crippen molar-refractivity contribution in [3.63, 3.8) is 0 Å². The van der Waals surface area contributed by atoms with Crippen LogP contribution in [0.2, 0.25) is 5.28 Å². The van der Waals surface area contributed by atoms with E-state index in [2.05, 4.69) is 25.1 Å². The van der Waals surface area contributed by atoms with Gasteiger partial charge in [-0.15, -0.1) is 10.2 Å². The summed E-state index contributed by atoms with van der Waals surface area (Å²) in [5.74, 6) is 1.38. The lowest BCUT2D eigenvalue weighted by molar-refractivity contribution is 0.415. The fourth-order valence-corrected chi connectivity index (χ4v) is 2.46. The van der Waals surface area contributed by atoms with Crippen molar-refractivity contribution >= 4 is 28.4 Å². The van der Waals surface area contributed by atoms with E-state index in [0.717, 1.165) is 11.3 Å². The Morgan fingerprint density at radius 3 is 2.76 bits per heavy atom. The molecule has 0 saturated carbocycles. The Bertz CT molecular complexity index is 943. The zero-order valence-electron chi connectivity index (χ0n) is 10.9. The lowest BCUT2D eigenvalue weighted by Gasteiger charge is -2.03. The smallest absolute Gasteiger partial charge is 0.212 e.